The Balaban J connectivity index is 1.72. The van der Waals surface area contributed by atoms with Crippen LogP contribution in [0.4, 0.5) is 0 Å². The van der Waals surface area contributed by atoms with E-state index in [0.717, 1.165) is 29.3 Å². The lowest BCUT2D eigenvalue weighted by molar-refractivity contribution is 0.535. The molecule has 0 saturated heterocycles. The van der Waals surface area contributed by atoms with Gasteiger partial charge in [0, 0.05) is 30.5 Å². The Morgan fingerprint density at radius 1 is 1.35 bits per heavy atom. The molecule has 0 spiro atoms. The molecule has 1 fully saturated rings. The fourth-order valence-corrected chi connectivity index (χ4v) is 1.75. The van der Waals surface area contributed by atoms with Gasteiger partial charge in [0.2, 0.25) is 0 Å². The lowest BCUT2D eigenvalue weighted by atomic mass is 10.2. The number of nitrogens with zero attached hydrogens (tertiary/aromatic N) is 2. The van der Waals surface area contributed by atoms with Gasteiger partial charge in [0.1, 0.15) is 5.76 Å². The van der Waals surface area contributed by atoms with E-state index in [1.54, 1.807) is 6.26 Å². The van der Waals surface area contributed by atoms with Crippen LogP contribution in [0.1, 0.15) is 24.2 Å². The number of nitrogens with one attached hydrogen (secondary N) is 1. The number of rotatable bonds is 4. The predicted octanol–water partition coefficient (Wildman–Crippen LogP) is 2.30. The van der Waals surface area contributed by atoms with Gasteiger partial charge in [0.15, 0.2) is 5.82 Å². The molecule has 4 heteroatoms. The van der Waals surface area contributed by atoms with Gasteiger partial charge in [-0.15, -0.1) is 0 Å². The summed E-state index contributed by atoms with van der Waals surface area (Å²) in [7, 11) is 0. The van der Waals surface area contributed by atoms with Crippen molar-refractivity contribution in [2.75, 3.05) is 0 Å². The van der Waals surface area contributed by atoms with Crippen molar-refractivity contribution in [2.45, 2.75) is 32.4 Å². The molecule has 88 valence electrons. The highest BCUT2D eigenvalue weighted by molar-refractivity contribution is 5.56. The SMILES string of the molecule is Cc1occc1-c1ncc(CNC2CC2)cn1. The highest BCUT2D eigenvalue weighted by Crippen LogP contribution is 2.21. The Morgan fingerprint density at radius 2 is 2.12 bits per heavy atom. The molecule has 3 rings (SSSR count). The number of hydrogen-bond donors (Lipinski definition) is 1. The summed E-state index contributed by atoms with van der Waals surface area (Å²) >= 11 is 0. The minimum Gasteiger partial charge on any atom is -0.469 e. The molecule has 0 radical (unpaired) electrons. The quantitative estimate of drug-likeness (QED) is 0.874. The van der Waals surface area contributed by atoms with Gasteiger partial charge in [0.05, 0.1) is 11.8 Å². The summed E-state index contributed by atoms with van der Waals surface area (Å²) in [5.41, 5.74) is 2.09. The van der Waals surface area contributed by atoms with E-state index in [-0.39, 0.29) is 0 Å². The van der Waals surface area contributed by atoms with Crippen LogP contribution in [0.25, 0.3) is 11.4 Å². The van der Waals surface area contributed by atoms with Crippen LogP contribution in [-0.4, -0.2) is 16.0 Å². The number of aryl methyl sites for hydroxylation is 1. The first-order valence-corrected chi connectivity index (χ1v) is 5.92. The van der Waals surface area contributed by atoms with Gasteiger partial charge in [-0.05, 0) is 25.8 Å². The molecule has 2 heterocycles. The summed E-state index contributed by atoms with van der Waals surface area (Å²) in [6.45, 7) is 2.77. The van der Waals surface area contributed by atoms with E-state index in [9.17, 15) is 0 Å². The Labute approximate surface area is 100 Å². The Bertz CT molecular complexity index is 500. The van der Waals surface area contributed by atoms with Crippen LogP contribution in [0.5, 0.6) is 0 Å². The second-order valence-corrected chi connectivity index (χ2v) is 4.46. The molecule has 0 aromatic carbocycles. The Hall–Kier alpha value is -1.68. The van der Waals surface area contributed by atoms with Crippen LogP contribution in [0.15, 0.2) is 29.1 Å². The molecule has 0 atom stereocenters. The average Bonchev–Trinajstić information content (AvgIpc) is 3.09. The van der Waals surface area contributed by atoms with Crippen LogP contribution in [0.3, 0.4) is 0 Å². The van der Waals surface area contributed by atoms with Gasteiger partial charge in [0.25, 0.3) is 0 Å². The standard InChI is InChI=1S/C13H15N3O/c1-9-12(4-5-17-9)13-15-7-10(8-16-13)6-14-11-2-3-11/h4-5,7-8,11,14H,2-3,6H2,1H3. The molecule has 0 unspecified atom stereocenters. The van der Waals surface area contributed by atoms with Gasteiger partial charge >= 0.3 is 0 Å². The van der Waals surface area contributed by atoms with Gasteiger partial charge in [-0.1, -0.05) is 0 Å². The van der Waals surface area contributed by atoms with Crippen LogP contribution < -0.4 is 5.32 Å². The van der Waals surface area contributed by atoms with E-state index in [4.69, 9.17) is 4.42 Å². The third-order valence-corrected chi connectivity index (χ3v) is 2.98. The number of furan rings is 1. The normalized spacial score (nSPS) is 15.1. The molecule has 1 aliphatic carbocycles. The predicted molar refractivity (Wildman–Crippen MR) is 64.3 cm³/mol. The fourth-order valence-electron chi connectivity index (χ4n) is 1.75. The van der Waals surface area contributed by atoms with E-state index in [1.165, 1.54) is 12.8 Å². The van der Waals surface area contributed by atoms with Crippen molar-refractivity contribution in [3.8, 4) is 11.4 Å². The molecule has 2 aromatic heterocycles. The summed E-state index contributed by atoms with van der Waals surface area (Å²) in [5.74, 6) is 1.58. The first kappa shape index (κ1) is 10.5. The minimum atomic E-state index is 0.714. The van der Waals surface area contributed by atoms with Crippen molar-refractivity contribution < 1.29 is 4.42 Å². The molecule has 1 aliphatic rings. The van der Waals surface area contributed by atoms with Crippen molar-refractivity contribution in [3.63, 3.8) is 0 Å². The first-order chi connectivity index (χ1) is 8.33. The molecule has 1 saturated carbocycles. The van der Waals surface area contributed by atoms with Crippen LogP contribution in [0, 0.1) is 6.92 Å². The van der Waals surface area contributed by atoms with Gasteiger partial charge in [-0.2, -0.15) is 0 Å². The smallest absolute Gasteiger partial charge is 0.162 e. The second-order valence-electron chi connectivity index (χ2n) is 4.46. The van der Waals surface area contributed by atoms with Crippen LogP contribution in [-0.2, 0) is 6.54 Å². The summed E-state index contributed by atoms with van der Waals surface area (Å²) < 4.78 is 5.24. The lowest BCUT2D eigenvalue weighted by Crippen LogP contribution is -2.15. The van der Waals surface area contributed by atoms with Crippen molar-refractivity contribution in [2.24, 2.45) is 0 Å². The van der Waals surface area contributed by atoms with Gasteiger partial charge in [-0.3, -0.25) is 0 Å². The van der Waals surface area contributed by atoms with Crippen molar-refractivity contribution in [3.05, 3.63) is 36.0 Å². The maximum Gasteiger partial charge on any atom is 0.162 e. The summed E-state index contributed by atoms with van der Waals surface area (Å²) in [5, 5.41) is 3.44. The zero-order chi connectivity index (χ0) is 11.7. The number of aromatic nitrogens is 2. The van der Waals surface area contributed by atoms with Crippen molar-refractivity contribution in [1.82, 2.24) is 15.3 Å². The maximum atomic E-state index is 5.24. The maximum absolute atomic E-state index is 5.24. The van der Waals surface area contributed by atoms with Crippen LogP contribution in [0.2, 0.25) is 0 Å². The molecule has 2 aromatic rings. The first-order valence-electron chi connectivity index (χ1n) is 5.92. The van der Waals surface area contributed by atoms with E-state index in [1.807, 2.05) is 25.4 Å². The zero-order valence-corrected chi connectivity index (χ0v) is 9.81. The molecule has 1 N–H and O–H groups in total. The molecule has 17 heavy (non-hydrogen) atoms. The summed E-state index contributed by atoms with van der Waals surface area (Å²) in [4.78, 5) is 8.74. The Morgan fingerprint density at radius 3 is 2.71 bits per heavy atom. The molecular weight excluding hydrogens is 214 g/mol. The highest BCUT2D eigenvalue weighted by Gasteiger charge is 2.20. The highest BCUT2D eigenvalue weighted by atomic mass is 16.3. The van der Waals surface area contributed by atoms with E-state index in [0.29, 0.717) is 6.04 Å². The average molecular weight is 229 g/mol. The van der Waals surface area contributed by atoms with E-state index < -0.39 is 0 Å². The summed E-state index contributed by atoms with van der Waals surface area (Å²) in [6, 6.07) is 2.61. The van der Waals surface area contributed by atoms with E-state index in [2.05, 4.69) is 15.3 Å². The number of hydrogen-bond acceptors (Lipinski definition) is 4. The third kappa shape index (κ3) is 2.36. The van der Waals surface area contributed by atoms with Crippen LogP contribution >= 0.6 is 0 Å². The zero-order valence-electron chi connectivity index (χ0n) is 9.81. The van der Waals surface area contributed by atoms with Gasteiger partial charge < -0.3 is 9.73 Å². The second kappa shape index (κ2) is 4.30. The molecule has 0 aliphatic heterocycles. The minimum absolute atomic E-state index is 0.714. The van der Waals surface area contributed by atoms with Gasteiger partial charge in [-0.25, -0.2) is 9.97 Å². The Kier molecular flexibility index (Phi) is 2.65. The lowest BCUT2D eigenvalue weighted by Gasteiger charge is -2.03. The molecular formula is C13H15N3O. The molecule has 0 amide bonds. The molecule has 0 bridgehead atoms. The topological polar surface area (TPSA) is 51.0 Å². The fraction of sp³-hybridized carbons (Fsp3) is 0.385. The largest absolute Gasteiger partial charge is 0.469 e. The molecule has 4 nitrogen and oxygen atoms in total. The van der Waals surface area contributed by atoms with E-state index >= 15 is 0 Å². The van der Waals surface area contributed by atoms with Crippen molar-refractivity contribution >= 4 is 0 Å². The van der Waals surface area contributed by atoms with Crippen molar-refractivity contribution in [1.29, 1.82) is 0 Å². The summed E-state index contributed by atoms with van der Waals surface area (Å²) in [6.07, 6.45) is 8.02. The third-order valence-electron chi connectivity index (χ3n) is 2.98. The monoisotopic (exact) mass is 229 g/mol.